The molecule has 0 spiro atoms. The van der Waals surface area contributed by atoms with Crippen LogP contribution >= 0.6 is 11.9 Å². The van der Waals surface area contributed by atoms with E-state index in [1.807, 2.05) is 6.07 Å². The molecular formula is C29H37N3O2S. The van der Waals surface area contributed by atoms with E-state index >= 15 is 0 Å². The molecule has 3 aromatic carbocycles. The largest absolute Gasteiger partial charge is 0.493 e. The van der Waals surface area contributed by atoms with Gasteiger partial charge in [-0.1, -0.05) is 37.1 Å². The summed E-state index contributed by atoms with van der Waals surface area (Å²) < 4.78 is 14.4. The van der Waals surface area contributed by atoms with Gasteiger partial charge in [0, 0.05) is 48.5 Å². The number of ether oxygens (including phenoxy) is 2. The van der Waals surface area contributed by atoms with E-state index in [0.29, 0.717) is 6.04 Å². The predicted molar refractivity (Wildman–Crippen MR) is 148 cm³/mol. The van der Waals surface area contributed by atoms with Crippen molar-refractivity contribution in [2.75, 3.05) is 43.5 Å². The van der Waals surface area contributed by atoms with Crippen molar-refractivity contribution >= 4 is 23.3 Å². The van der Waals surface area contributed by atoms with Crippen LogP contribution in [0.4, 0.5) is 11.4 Å². The maximum atomic E-state index is 5.51. The van der Waals surface area contributed by atoms with Gasteiger partial charge in [-0.3, -0.25) is 4.90 Å². The summed E-state index contributed by atoms with van der Waals surface area (Å²) in [5.74, 6) is 1.58. The van der Waals surface area contributed by atoms with Gasteiger partial charge in [-0.25, -0.2) is 0 Å². The fourth-order valence-corrected chi connectivity index (χ4v) is 5.26. The Bertz CT molecular complexity index is 1070. The number of nitrogens with zero attached hydrogens (tertiary/aromatic N) is 2. The molecule has 186 valence electrons. The standard InChI is InChI=1S/C29H37N3O2S/c1-5-6-26-21-32(18-17-31(26)20-23-9-16-28(33-3)29(19-23)34-4)25-12-10-24(11-13-25)30-35-27-14-7-22(2)8-15-27/h7-16,19,26,30H,5-6,17-18,20-21H2,1-4H3/t26-/m0/s1. The number of anilines is 2. The second kappa shape index (κ2) is 12.2. The first-order chi connectivity index (χ1) is 17.1. The van der Waals surface area contributed by atoms with Crippen molar-refractivity contribution in [3.63, 3.8) is 0 Å². The van der Waals surface area contributed by atoms with E-state index in [9.17, 15) is 0 Å². The van der Waals surface area contributed by atoms with Crippen LogP contribution in [0.3, 0.4) is 0 Å². The molecule has 1 atom stereocenters. The minimum absolute atomic E-state index is 0.525. The molecule has 6 heteroatoms. The van der Waals surface area contributed by atoms with Crippen LogP contribution in [0.15, 0.2) is 71.6 Å². The van der Waals surface area contributed by atoms with E-state index in [2.05, 4.69) is 89.0 Å². The van der Waals surface area contributed by atoms with Crippen LogP contribution in [-0.4, -0.2) is 44.8 Å². The molecule has 3 aromatic rings. The van der Waals surface area contributed by atoms with Crippen molar-refractivity contribution in [2.24, 2.45) is 0 Å². The Kier molecular flexibility index (Phi) is 8.83. The molecule has 5 nitrogen and oxygen atoms in total. The molecule has 0 radical (unpaired) electrons. The minimum Gasteiger partial charge on any atom is -0.493 e. The van der Waals surface area contributed by atoms with Crippen LogP contribution < -0.4 is 19.1 Å². The molecule has 35 heavy (non-hydrogen) atoms. The van der Waals surface area contributed by atoms with Crippen LogP contribution in [0, 0.1) is 6.92 Å². The SMILES string of the molecule is CCC[C@H]1CN(c2ccc(NSc3ccc(C)cc3)cc2)CCN1Cc1ccc(OC)c(OC)c1. The number of benzene rings is 3. The molecule has 1 aliphatic rings. The fraction of sp³-hybridized carbons (Fsp3) is 0.379. The highest BCUT2D eigenvalue weighted by molar-refractivity contribution is 8.00. The van der Waals surface area contributed by atoms with Crippen molar-refractivity contribution in [1.82, 2.24) is 4.90 Å². The van der Waals surface area contributed by atoms with E-state index in [0.717, 1.165) is 43.4 Å². The van der Waals surface area contributed by atoms with E-state index in [1.165, 1.54) is 34.6 Å². The first-order valence-corrected chi connectivity index (χ1v) is 13.2. The molecule has 0 aromatic heterocycles. The number of methoxy groups -OCH3 is 2. The van der Waals surface area contributed by atoms with Gasteiger partial charge < -0.3 is 19.1 Å². The Balaban J connectivity index is 1.36. The Hall–Kier alpha value is -2.83. The van der Waals surface area contributed by atoms with Crippen molar-refractivity contribution in [1.29, 1.82) is 0 Å². The molecule has 1 N–H and O–H groups in total. The lowest BCUT2D eigenvalue weighted by atomic mass is 10.0. The Labute approximate surface area is 214 Å². The van der Waals surface area contributed by atoms with Crippen molar-refractivity contribution in [2.45, 2.75) is 44.2 Å². The summed E-state index contributed by atoms with van der Waals surface area (Å²) in [6.45, 7) is 8.44. The van der Waals surface area contributed by atoms with Crippen LogP contribution in [0.2, 0.25) is 0 Å². The summed E-state index contributed by atoms with van der Waals surface area (Å²) >= 11 is 1.65. The molecule has 1 aliphatic heterocycles. The number of hydrogen-bond donors (Lipinski definition) is 1. The van der Waals surface area contributed by atoms with E-state index in [4.69, 9.17) is 9.47 Å². The molecule has 1 saturated heterocycles. The van der Waals surface area contributed by atoms with E-state index < -0.39 is 0 Å². The number of hydrogen-bond acceptors (Lipinski definition) is 6. The summed E-state index contributed by atoms with van der Waals surface area (Å²) in [6, 6.07) is 24.2. The second-order valence-corrected chi connectivity index (χ2v) is 9.99. The van der Waals surface area contributed by atoms with Gasteiger partial charge in [0.05, 0.1) is 14.2 Å². The van der Waals surface area contributed by atoms with Gasteiger partial charge in [0.25, 0.3) is 0 Å². The number of rotatable bonds is 10. The quantitative estimate of drug-likeness (QED) is 0.321. The van der Waals surface area contributed by atoms with Crippen LogP contribution in [0.25, 0.3) is 0 Å². The molecular weight excluding hydrogens is 454 g/mol. The highest BCUT2D eigenvalue weighted by Gasteiger charge is 2.27. The summed E-state index contributed by atoms with van der Waals surface area (Å²) in [5, 5.41) is 0. The third-order valence-corrected chi connectivity index (χ3v) is 7.45. The molecule has 1 heterocycles. The Morgan fingerprint density at radius 3 is 2.34 bits per heavy atom. The summed E-state index contributed by atoms with van der Waals surface area (Å²) in [7, 11) is 3.38. The molecule has 0 amide bonds. The molecule has 1 fully saturated rings. The normalized spacial score (nSPS) is 16.2. The topological polar surface area (TPSA) is 37.0 Å². The van der Waals surface area contributed by atoms with Crippen LogP contribution in [0.5, 0.6) is 11.5 Å². The Morgan fingerprint density at radius 2 is 1.66 bits per heavy atom. The Morgan fingerprint density at radius 1 is 0.914 bits per heavy atom. The van der Waals surface area contributed by atoms with Crippen LogP contribution in [-0.2, 0) is 6.54 Å². The lowest BCUT2D eigenvalue weighted by Gasteiger charge is -2.42. The van der Waals surface area contributed by atoms with Gasteiger partial charge in [0.2, 0.25) is 0 Å². The monoisotopic (exact) mass is 491 g/mol. The summed E-state index contributed by atoms with van der Waals surface area (Å²) in [5.41, 5.74) is 4.96. The first kappa shape index (κ1) is 25.3. The highest BCUT2D eigenvalue weighted by Crippen LogP contribution is 2.30. The average molecular weight is 492 g/mol. The van der Waals surface area contributed by atoms with E-state index in [1.54, 1.807) is 26.2 Å². The maximum Gasteiger partial charge on any atom is 0.161 e. The lowest BCUT2D eigenvalue weighted by Crippen LogP contribution is -2.52. The maximum absolute atomic E-state index is 5.51. The van der Waals surface area contributed by atoms with Crippen molar-refractivity contribution < 1.29 is 9.47 Å². The third-order valence-electron chi connectivity index (χ3n) is 6.60. The van der Waals surface area contributed by atoms with Gasteiger partial charge in [-0.2, -0.15) is 0 Å². The van der Waals surface area contributed by atoms with Gasteiger partial charge in [-0.15, -0.1) is 0 Å². The van der Waals surface area contributed by atoms with Crippen molar-refractivity contribution in [3.05, 3.63) is 77.9 Å². The van der Waals surface area contributed by atoms with E-state index in [-0.39, 0.29) is 0 Å². The summed E-state index contributed by atoms with van der Waals surface area (Å²) in [4.78, 5) is 6.37. The molecule has 0 aliphatic carbocycles. The average Bonchev–Trinajstić information content (AvgIpc) is 2.89. The van der Waals surface area contributed by atoms with Gasteiger partial charge in [0.1, 0.15) is 0 Å². The van der Waals surface area contributed by atoms with Gasteiger partial charge >= 0.3 is 0 Å². The number of aryl methyl sites for hydroxylation is 1. The smallest absolute Gasteiger partial charge is 0.161 e. The second-order valence-electron chi connectivity index (χ2n) is 9.11. The molecule has 0 saturated carbocycles. The lowest BCUT2D eigenvalue weighted by molar-refractivity contribution is 0.158. The number of piperazine rings is 1. The third kappa shape index (κ3) is 6.65. The molecule has 4 rings (SSSR count). The zero-order chi connectivity index (χ0) is 24.6. The van der Waals surface area contributed by atoms with Crippen molar-refractivity contribution in [3.8, 4) is 11.5 Å². The predicted octanol–water partition coefficient (Wildman–Crippen LogP) is 6.62. The van der Waals surface area contributed by atoms with Gasteiger partial charge in [0.15, 0.2) is 11.5 Å². The zero-order valence-electron chi connectivity index (χ0n) is 21.3. The first-order valence-electron chi connectivity index (χ1n) is 12.4. The highest BCUT2D eigenvalue weighted by atomic mass is 32.2. The molecule has 0 unspecified atom stereocenters. The number of nitrogens with one attached hydrogen (secondary N) is 1. The van der Waals surface area contributed by atoms with Crippen LogP contribution in [0.1, 0.15) is 30.9 Å². The summed E-state index contributed by atoms with van der Waals surface area (Å²) in [6.07, 6.45) is 2.37. The fourth-order valence-electron chi connectivity index (χ4n) is 4.62. The molecule has 0 bridgehead atoms. The minimum atomic E-state index is 0.525. The zero-order valence-corrected chi connectivity index (χ0v) is 22.1. The van der Waals surface area contributed by atoms with Gasteiger partial charge in [-0.05, 0) is 79.4 Å².